The summed E-state index contributed by atoms with van der Waals surface area (Å²) in [6, 6.07) is 5.68. The molecule has 2 saturated heterocycles. The summed E-state index contributed by atoms with van der Waals surface area (Å²) < 4.78 is 65.1. The van der Waals surface area contributed by atoms with Crippen molar-refractivity contribution in [1.29, 1.82) is 0 Å². The van der Waals surface area contributed by atoms with E-state index in [2.05, 4.69) is 27.1 Å². The van der Waals surface area contributed by atoms with E-state index in [1.165, 1.54) is 24.4 Å². The number of alkyl carbamates (subject to hydrolysis) is 1. The Labute approximate surface area is 287 Å². The van der Waals surface area contributed by atoms with E-state index in [1.54, 1.807) is 17.9 Å². The third-order valence-corrected chi connectivity index (χ3v) is 10.4. The van der Waals surface area contributed by atoms with Crippen molar-refractivity contribution in [3.05, 3.63) is 47.7 Å². The van der Waals surface area contributed by atoms with Crippen molar-refractivity contribution in [2.75, 3.05) is 44.8 Å². The van der Waals surface area contributed by atoms with Crippen LogP contribution in [0, 0.1) is 11.6 Å². The van der Waals surface area contributed by atoms with Gasteiger partial charge in [-0.3, -0.25) is 14.7 Å². The second-order valence-corrected chi connectivity index (χ2v) is 13.8. The van der Waals surface area contributed by atoms with Crippen LogP contribution in [0.15, 0.2) is 30.5 Å². The van der Waals surface area contributed by atoms with Crippen LogP contribution >= 0.6 is 0 Å². The number of nitrogens with zero attached hydrogens (tertiary/aromatic N) is 5. The van der Waals surface area contributed by atoms with Crippen molar-refractivity contribution in [1.82, 2.24) is 25.2 Å². The van der Waals surface area contributed by atoms with Gasteiger partial charge in [0.25, 0.3) is 6.47 Å². The van der Waals surface area contributed by atoms with Crippen LogP contribution in [-0.2, 0) is 16.0 Å². The third kappa shape index (κ3) is 6.14. The van der Waals surface area contributed by atoms with E-state index in [1.807, 2.05) is 7.05 Å². The SMILES string of the molecule is CCC1(COc2nc3c4cnc(c(F)c4n2)-c2cc(OC=O)cc4ccc(F)c(c24)CCCOC(=O)NC2(C)CC(F)CN3C2)CCCN1C. The molecule has 6 heterocycles. The molecule has 1 N–H and O–H groups in total. The molecule has 264 valence electrons. The molecule has 0 spiro atoms. The highest BCUT2D eigenvalue weighted by atomic mass is 19.1. The number of carbonyl (C=O) groups is 2. The number of rotatable bonds is 6. The van der Waals surface area contributed by atoms with Gasteiger partial charge in [-0.1, -0.05) is 13.0 Å². The number of piperidine rings is 1. The number of likely N-dealkylation sites (N-methyl/N-ethyl adjacent to an activating group) is 1. The number of aromatic nitrogens is 3. The van der Waals surface area contributed by atoms with Gasteiger partial charge in [0.05, 0.1) is 29.6 Å². The van der Waals surface area contributed by atoms with E-state index in [-0.39, 0.29) is 103 Å². The molecular formula is C36H39F3N6O5. The minimum absolute atomic E-state index is 0.0147. The molecule has 2 fully saturated rings. The van der Waals surface area contributed by atoms with Crippen molar-refractivity contribution >= 4 is 40.1 Å². The number of hydrogen-bond donors (Lipinski definition) is 1. The zero-order valence-corrected chi connectivity index (χ0v) is 28.2. The first-order chi connectivity index (χ1) is 24.0. The van der Waals surface area contributed by atoms with E-state index < -0.39 is 29.4 Å². The summed E-state index contributed by atoms with van der Waals surface area (Å²) in [4.78, 5) is 42.0. The lowest BCUT2D eigenvalue weighted by atomic mass is 9.90. The fourth-order valence-corrected chi connectivity index (χ4v) is 7.85. The Hall–Kier alpha value is -4.72. The number of aryl methyl sites for hydroxylation is 1. The van der Waals surface area contributed by atoms with Gasteiger partial charge in [0.1, 0.15) is 41.4 Å². The number of fused-ring (bicyclic) bond motifs is 6. The van der Waals surface area contributed by atoms with Gasteiger partial charge in [0, 0.05) is 24.7 Å². The Balaban J connectivity index is 1.46. The number of anilines is 1. The second kappa shape index (κ2) is 13.2. The number of ether oxygens (including phenoxy) is 3. The predicted molar refractivity (Wildman–Crippen MR) is 180 cm³/mol. The molecule has 1 amide bonds. The lowest BCUT2D eigenvalue weighted by molar-refractivity contribution is -0.120. The maximum Gasteiger partial charge on any atom is 0.407 e. The number of pyridine rings is 1. The Morgan fingerprint density at radius 1 is 1.20 bits per heavy atom. The highest BCUT2D eigenvalue weighted by Gasteiger charge is 2.41. The predicted octanol–water partition coefficient (Wildman–Crippen LogP) is 5.89. The van der Waals surface area contributed by atoms with Gasteiger partial charge in [0.15, 0.2) is 5.82 Å². The highest BCUT2D eigenvalue weighted by molar-refractivity contribution is 6.02. The first-order valence-corrected chi connectivity index (χ1v) is 16.9. The normalized spacial score (nSPS) is 24.3. The van der Waals surface area contributed by atoms with Gasteiger partial charge in [-0.05, 0) is 87.2 Å². The van der Waals surface area contributed by atoms with E-state index in [4.69, 9.17) is 19.2 Å². The lowest BCUT2D eigenvalue weighted by Crippen LogP contribution is -2.60. The summed E-state index contributed by atoms with van der Waals surface area (Å²) in [7, 11) is 2.04. The zero-order valence-electron chi connectivity index (χ0n) is 28.2. The summed E-state index contributed by atoms with van der Waals surface area (Å²) in [5, 5.41) is 3.85. The Morgan fingerprint density at radius 3 is 2.80 bits per heavy atom. The number of amides is 1. The molecule has 0 aliphatic carbocycles. The topological polar surface area (TPSA) is 119 Å². The van der Waals surface area contributed by atoms with Crippen LogP contribution in [0.3, 0.4) is 0 Å². The van der Waals surface area contributed by atoms with Gasteiger partial charge in [-0.15, -0.1) is 0 Å². The standard InChI is InChI=1S/C36H39F3N6O5/c1-4-36(10-6-11-44(36)3)19-49-33-41-31-26-16-40-30(29(31)39)25-14-23(50-20-46)13-21-8-9-27(38)24(28(21)25)7-5-12-48-34(47)43-35(2)15-22(37)17-45(18-35)32(26)42-33/h8-9,13-14,16,20,22H,4-7,10-12,15,17-19H2,1-3H3,(H,43,47). The molecule has 0 saturated carbocycles. The highest BCUT2D eigenvalue weighted by Crippen LogP contribution is 2.41. The van der Waals surface area contributed by atoms with E-state index in [0.29, 0.717) is 10.8 Å². The largest absolute Gasteiger partial charge is 0.461 e. The van der Waals surface area contributed by atoms with Crippen molar-refractivity contribution in [3.8, 4) is 23.0 Å². The number of nitrogens with one attached hydrogen (secondary N) is 1. The summed E-state index contributed by atoms with van der Waals surface area (Å²) in [6.07, 6.45) is 2.40. The maximum atomic E-state index is 17.1. The molecule has 3 atom stereocenters. The Kier molecular flexibility index (Phi) is 8.91. The fourth-order valence-electron chi connectivity index (χ4n) is 7.85. The van der Waals surface area contributed by atoms with Crippen LogP contribution in [0.2, 0.25) is 0 Å². The fraction of sp³-hybridized carbons (Fsp3) is 0.472. The smallest absolute Gasteiger partial charge is 0.407 e. The molecule has 0 radical (unpaired) electrons. The number of benzene rings is 2. The van der Waals surface area contributed by atoms with Gasteiger partial charge < -0.3 is 24.4 Å². The quantitative estimate of drug-likeness (QED) is 0.245. The molecule has 3 unspecified atom stereocenters. The third-order valence-electron chi connectivity index (χ3n) is 10.4. The molecule has 8 rings (SSSR count). The van der Waals surface area contributed by atoms with E-state index >= 15 is 13.2 Å². The molecule has 2 aromatic heterocycles. The van der Waals surface area contributed by atoms with Crippen LogP contribution in [0.5, 0.6) is 11.8 Å². The molecule has 2 aromatic carbocycles. The van der Waals surface area contributed by atoms with Crippen LogP contribution in [0.1, 0.15) is 51.5 Å². The molecule has 14 heteroatoms. The zero-order chi connectivity index (χ0) is 35.2. The summed E-state index contributed by atoms with van der Waals surface area (Å²) in [5.41, 5.74) is -1.21. The van der Waals surface area contributed by atoms with Crippen LogP contribution in [-0.4, -0.2) is 89.6 Å². The summed E-state index contributed by atoms with van der Waals surface area (Å²) >= 11 is 0. The number of alkyl halides is 1. The first-order valence-electron chi connectivity index (χ1n) is 16.9. The molecule has 11 nitrogen and oxygen atoms in total. The monoisotopic (exact) mass is 692 g/mol. The van der Waals surface area contributed by atoms with Crippen LogP contribution in [0.4, 0.5) is 23.8 Å². The average Bonchev–Trinajstić information content (AvgIpc) is 3.45. The van der Waals surface area contributed by atoms with Crippen LogP contribution in [0.25, 0.3) is 32.9 Å². The Bertz CT molecular complexity index is 1980. The number of halogens is 3. The second-order valence-electron chi connectivity index (χ2n) is 13.8. The number of hydrogen-bond acceptors (Lipinski definition) is 10. The van der Waals surface area contributed by atoms with Gasteiger partial charge in [-0.25, -0.2) is 18.0 Å². The van der Waals surface area contributed by atoms with Crippen molar-refractivity contribution < 1.29 is 37.0 Å². The molecule has 4 aliphatic rings. The lowest BCUT2D eigenvalue weighted by Gasteiger charge is -2.42. The van der Waals surface area contributed by atoms with E-state index in [9.17, 15) is 9.59 Å². The van der Waals surface area contributed by atoms with Crippen LogP contribution < -0.4 is 19.7 Å². The minimum Gasteiger partial charge on any atom is -0.461 e. The van der Waals surface area contributed by atoms with Crippen molar-refractivity contribution in [3.63, 3.8) is 0 Å². The number of likely N-dealkylation sites (tertiary alicyclic amines) is 1. The number of carbonyl (C=O) groups excluding carboxylic acids is 2. The average molecular weight is 693 g/mol. The molecule has 4 aromatic rings. The molecule has 6 bridgehead atoms. The van der Waals surface area contributed by atoms with Gasteiger partial charge in [-0.2, -0.15) is 9.97 Å². The van der Waals surface area contributed by atoms with Crippen molar-refractivity contribution in [2.24, 2.45) is 0 Å². The van der Waals surface area contributed by atoms with Crippen molar-refractivity contribution in [2.45, 2.75) is 69.6 Å². The molecular weight excluding hydrogens is 653 g/mol. The minimum atomic E-state index is -1.37. The van der Waals surface area contributed by atoms with E-state index in [0.717, 1.165) is 25.8 Å². The molecule has 50 heavy (non-hydrogen) atoms. The molecule has 4 aliphatic heterocycles. The summed E-state index contributed by atoms with van der Waals surface area (Å²) in [5.74, 6) is -1.09. The van der Waals surface area contributed by atoms with Gasteiger partial charge in [0.2, 0.25) is 0 Å². The maximum absolute atomic E-state index is 17.1. The first kappa shape index (κ1) is 33.8. The Morgan fingerprint density at radius 2 is 2.04 bits per heavy atom. The van der Waals surface area contributed by atoms with Gasteiger partial charge >= 0.3 is 12.1 Å². The summed E-state index contributed by atoms with van der Waals surface area (Å²) in [6.45, 7) is 5.21.